The number of para-hydroxylation sites is 1. The van der Waals surface area contributed by atoms with Crippen molar-refractivity contribution in [1.29, 1.82) is 0 Å². The summed E-state index contributed by atoms with van der Waals surface area (Å²) in [5, 5.41) is 12.4. The molecule has 32 heavy (non-hydrogen) atoms. The van der Waals surface area contributed by atoms with Gasteiger partial charge in [0.05, 0.1) is 0 Å². The van der Waals surface area contributed by atoms with Gasteiger partial charge in [-0.15, -0.1) is 5.75 Å². The molecule has 2 aromatic rings. The number of hydrogen-bond acceptors (Lipinski definition) is 4. The van der Waals surface area contributed by atoms with Gasteiger partial charge in [0.15, 0.2) is 0 Å². The van der Waals surface area contributed by atoms with E-state index < -0.39 is 10.1 Å². The molecule has 2 aromatic carbocycles. The number of unbranched alkanes of at least 4 members (excludes halogenated alkanes) is 10. The van der Waals surface area contributed by atoms with Crippen LogP contribution in [0.25, 0.3) is 0 Å². The van der Waals surface area contributed by atoms with Gasteiger partial charge in [-0.3, -0.25) is 4.55 Å². The molecule has 0 unspecified atom stereocenters. The van der Waals surface area contributed by atoms with E-state index in [9.17, 15) is 18.1 Å². The molecule has 5 nitrogen and oxygen atoms in total. The zero-order valence-electron chi connectivity index (χ0n) is 19.5. The van der Waals surface area contributed by atoms with Crippen LogP contribution in [-0.4, -0.2) is 13.0 Å². The smallest absolute Gasteiger partial charge is 0.872 e. The standard InChI is InChI=1S/C25H36O5S.K/c1-2-3-4-5-6-7-8-9-10-11-12-16-21-22(26)17-15-19-23(21)30-24-18-13-14-20-25(24)31(27,28)29;/h13-15,17-20,26H,2-12,16H2,1H3,(H,27,28,29);/q;+1/p-1. The van der Waals surface area contributed by atoms with Crippen LogP contribution < -0.4 is 61.2 Å². The fourth-order valence-electron chi connectivity index (χ4n) is 3.72. The van der Waals surface area contributed by atoms with E-state index in [1.807, 2.05) is 0 Å². The van der Waals surface area contributed by atoms with Crippen LogP contribution in [0.1, 0.15) is 83.1 Å². The Hall–Kier alpha value is -0.414. The maximum atomic E-state index is 12.4. The molecule has 2 rings (SSSR count). The first-order valence-electron chi connectivity index (χ1n) is 11.5. The van der Waals surface area contributed by atoms with Gasteiger partial charge >= 0.3 is 51.4 Å². The molecule has 0 fully saturated rings. The Kier molecular flexibility index (Phi) is 15.0. The average molecular weight is 487 g/mol. The molecule has 172 valence electrons. The van der Waals surface area contributed by atoms with Crippen molar-refractivity contribution >= 4 is 10.1 Å². The molecule has 0 heterocycles. The Morgan fingerprint density at radius 3 is 1.91 bits per heavy atom. The molecular formula is C25H35KO5S. The van der Waals surface area contributed by atoms with Gasteiger partial charge in [0, 0.05) is 0 Å². The first kappa shape index (κ1) is 29.6. The van der Waals surface area contributed by atoms with Gasteiger partial charge in [-0.25, -0.2) is 0 Å². The monoisotopic (exact) mass is 486 g/mol. The third kappa shape index (κ3) is 10.7. The van der Waals surface area contributed by atoms with Crippen LogP contribution in [0.4, 0.5) is 0 Å². The van der Waals surface area contributed by atoms with E-state index in [-0.39, 0.29) is 67.8 Å². The molecule has 0 spiro atoms. The molecule has 0 radical (unpaired) electrons. The van der Waals surface area contributed by atoms with Crippen molar-refractivity contribution in [2.75, 3.05) is 0 Å². The molecule has 0 bridgehead atoms. The van der Waals surface area contributed by atoms with Gasteiger partial charge in [-0.2, -0.15) is 8.42 Å². The van der Waals surface area contributed by atoms with Crippen molar-refractivity contribution in [2.24, 2.45) is 0 Å². The molecule has 0 atom stereocenters. The van der Waals surface area contributed by atoms with Crippen LogP contribution in [0.5, 0.6) is 17.2 Å². The van der Waals surface area contributed by atoms with Crippen molar-refractivity contribution in [3.05, 3.63) is 48.0 Å². The van der Waals surface area contributed by atoms with Crippen LogP contribution in [-0.2, 0) is 16.5 Å². The van der Waals surface area contributed by atoms with E-state index in [0.29, 0.717) is 17.7 Å². The van der Waals surface area contributed by atoms with Gasteiger partial charge < -0.3 is 9.84 Å². The summed E-state index contributed by atoms with van der Waals surface area (Å²) in [6.07, 6.45) is 14.1. The maximum Gasteiger partial charge on any atom is 1.00 e. The molecule has 0 aromatic heterocycles. The van der Waals surface area contributed by atoms with Crippen LogP contribution in [0, 0.1) is 0 Å². The van der Waals surface area contributed by atoms with Gasteiger partial charge in [0.25, 0.3) is 10.1 Å². The number of rotatable bonds is 15. The van der Waals surface area contributed by atoms with Crippen LogP contribution in [0.3, 0.4) is 0 Å². The predicted molar refractivity (Wildman–Crippen MR) is 122 cm³/mol. The number of benzene rings is 2. The Labute approximate surface area is 236 Å². The van der Waals surface area contributed by atoms with E-state index in [1.165, 1.54) is 75.6 Å². The summed E-state index contributed by atoms with van der Waals surface area (Å²) in [6, 6.07) is 10.6. The third-order valence-corrected chi connectivity index (χ3v) is 6.36. The molecule has 0 saturated heterocycles. The van der Waals surface area contributed by atoms with E-state index in [0.717, 1.165) is 19.3 Å². The molecule has 0 aliphatic heterocycles. The van der Waals surface area contributed by atoms with Crippen molar-refractivity contribution < 1.29 is 74.2 Å². The normalized spacial score (nSPS) is 11.2. The first-order chi connectivity index (χ1) is 14.9. The largest absolute Gasteiger partial charge is 1.00 e. The van der Waals surface area contributed by atoms with Gasteiger partial charge in [0.1, 0.15) is 16.4 Å². The van der Waals surface area contributed by atoms with Crippen LogP contribution >= 0.6 is 0 Å². The van der Waals surface area contributed by atoms with Crippen LogP contribution in [0.15, 0.2) is 47.4 Å². The zero-order valence-corrected chi connectivity index (χ0v) is 23.5. The average Bonchev–Trinajstić information content (AvgIpc) is 2.73. The Morgan fingerprint density at radius 1 is 0.781 bits per heavy atom. The van der Waals surface area contributed by atoms with Crippen molar-refractivity contribution in [2.45, 2.75) is 88.9 Å². The summed E-state index contributed by atoms with van der Waals surface area (Å²) in [5.74, 6) is 0.236. The third-order valence-electron chi connectivity index (χ3n) is 5.47. The second kappa shape index (κ2) is 16.3. The Balaban J connectivity index is 0.00000512. The molecule has 7 heteroatoms. The minimum atomic E-state index is -4.42. The van der Waals surface area contributed by atoms with E-state index in [1.54, 1.807) is 18.2 Å². The summed E-state index contributed by atoms with van der Waals surface area (Å²) in [6.45, 7) is 2.23. The quantitative estimate of drug-likeness (QED) is 0.236. The topological polar surface area (TPSA) is 86.7 Å². The van der Waals surface area contributed by atoms with Gasteiger partial charge in [-0.1, -0.05) is 95.4 Å². The van der Waals surface area contributed by atoms with E-state index >= 15 is 0 Å². The molecule has 0 aliphatic carbocycles. The Morgan fingerprint density at radius 2 is 1.31 bits per heavy atom. The number of hydrogen-bond donors (Lipinski definition) is 1. The van der Waals surface area contributed by atoms with Gasteiger partial charge in [-0.05, 0) is 36.6 Å². The molecule has 0 saturated carbocycles. The van der Waals surface area contributed by atoms with Gasteiger partial charge in [0.2, 0.25) is 0 Å². The maximum absolute atomic E-state index is 12.4. The first-order valence-corrected chi connectivity index (χ1v) is 12.9. The summed E-state index contributed by atoms with van der Waals surface area (Å²) in [7, 11) is -4.42. The fraction of sp³-hybridized carbons (Fsp3) is 0.520. The van der Waals surface area contributed by atoms with E-state index in [4.69, 9.17) is 4.74 Å². The molecule has 0 aliphatic rings. The zero-order chi connectivity index (χ0) is 22.5. The summed E-state index contributed by atoms with van der Waals surface area (Å²) < 4.78 is 38.4. The Bertz CT molecular complexity index is 899. The molecule has 0 amide bonds. The minimum absolute atomic E-state index is 0. The fourth-order valence-corrected chi connectivity index (χ4v) is 4.33. The van der Waals surface area contributed by atoms with Crippen molar-refractivity contribution in [1.82, 2.24) is 0 Å². The van der Waals surface area contributed by atoms with Crippen molar-refractivity contribution in [3.8, 4) is 17.2 Å². The number of ether oxygens (including phenoxy) is 1. The van der Waals surface area contributed by atoms with E-state index in [2.05, 4.69) is 6.92 Å². The van der Waals surface area contributed by atoms with Crippen molar-refractivity contribution in [3.63, 3.8) is 0 Å². The molecular weight excluding hydrogens is 451 g/mol. The summed E-state index contributed by atoms with van der Waals surface area (Å²) >= 11 is 0. The SMILES string of the molecule is CCCCCCCCCCCCCc1c([O-])cccc1Oc1ccccc1S(=O)(=O)O.[K+]. The summed E-state index contributed by atoms with van der Waals surface area (Å²) in [4.78, 5) is -0.313. The predicted octanol–water partition coefficient (Wildman–Crippen LogP) is 3.66. The molecule has 1 N–H and O–H groups in total. The second-order valence-corrected chi connectivity index (χ2v) is 9.43. The van der Waals surface area contributed by atoms with Crippen LogP contribution in [0.2, 0.25) is 0 Å². The second-order valence-electron chi connectivity index (χ2n) is 8.04. The minimum Gasteiger partial charge on any atom is -0.872 e. The summed E-state index contributed by atoms with van der Waals surface area (Å²) in [5.41, 5.74) is 0.545.